The van der Waals surface area contributed by atoms with Gasteiger partial charge in [-0.05, 0) is 42.5 Å². The Morgan fingerprint density at radius 1 is 1.18 bits per heavy atom. The molecular formula is C26H26F5N5O3. The maximum absolute atomic E-state index is 14.2. The Kier molecular flexibility index (Phi) is 7.62. The van der Waals surface area contributed by atoms with Crippen LogP contribution >= 0.6 is 0 Å². The van der Waals surface area contributed by atoms with Crippen molar-refractivity contribution in [2.24, 2.45) is 13.0 Å². The molecule has 2 aromatic heterocycles. The number of aryl methyl sites for hydroxylation is 1. The van der Waals surface area contributed by atoms with Crippen molar-refractivity contribution in [2.45, 2.75) is 50.7 Å². The number of amides is 2. The summed E-state index contributed by atoms with van der Waals surface area (Å²) < 4.78 is 70.8. The predicted octanol–water partition coefficient (Wildman–Crippen LogP) is 4.61. The number of carbonyl (C=O) groups excluding carboxylic acids is 2. The lowest BCUT2D eigenvalue weighted by molar-refractivity contribution is -0.611. The van der Waals surface area contributed by atoms with Crippen LogP contribution in [0.5, 0.6) is 0 Å². The number of nitrogens with one attached hydrogen (secondary N) is 2. The van der Waals surface area contributed by atoms with Crippen LogP contribution in [0.25, 0.3) is 11.1 Å². The van der Waals surface area contributed by atoms with Gasteiger partial charge in [-0.25, -0.2) is 8.78 Å². The van der Waals surface area contributed by atoms with Crippen LogP contribution in [0.1, 0.15) is 47.4 Å². The molecule has 3 aromatic rings. The quantitative estimate of drug-likeness (QED) is 0.265. The van der Waals surface area contributed by atoms with Crippen LogP contribution in [-0.2, 0) is 18.0 Å². The van der Waals surface area contributed by atoms with E-state index in [1.165, 1.54) is 55.2 Å². The molecule has 4 rings (SSSR count). The van der Waals surface area contributed by atoms with Gasteiger partial charge in [-0.2, -0.15) is 23.0 Å². The minimum atomic E-state index is -4.71. The highest BCUT2D eigenvalue weighted by molar-refractivity contribution is 6.00. The van der Waals surface area contributed by atoms with Gasteiger partial charge < -0.3 is 15.8 Å². The highest BCUT2D eigenvalue weighted by Gasteiger charge is 2.42. The summed E-state index contributed by atoms with van der Waals surface area (Å²) in [6.45, 7) is 1.27. The zero-order chi connectivity index (χ0) is 28.5. The number of hydrogen-bond donors (Lipinski definition) is 2. The Hall–Kier alpha value is -4.03. The number of alkyl halides is 5. The lowest BCUT2D eigenvalue weighted by Gasteiger charge is -2.34. The molecule has 2 heterocycles. The fraction of sp³-hybridized carbons (Fsp3) is 0.385. The number of benzene rings is 1. The Bertz CT molecular complexity index is 1370. The van der Waals surface area contributed by atoms with E-state index < -0.39 is 47.9 Å². The number of carbonyl (C=O) groups is 2. The molecule has 2 amide bonds. The molecule has 0 bridgehead atoms. The average Bonchev–Trinajstić information content (AvgIpc) is 3.29. The zero-order valence-corrected chi connectivity index (χ0v) is 21.1. The van der Waals surface area contributed by atoms with Crippen molar-refractivity contribution < 1.29 is 36.3 Å². The molecule has 1 aliphatic carbocycles. The highest BCUT2D eigenvalue weighted by atomic mass is 19.4. The third-order valence-corrected chi connectivity index (χ3v) is 6.86. The molecule has 1 fully saturated rings. The molecule has 39 heavy (non-hydrogen) atoms. The summed E-state index contributed by atoms with van der Waals surface area (Å²) in [5.74, 6) is -5.24. The van der Waals surface area contributed by atoms with E-state index in [0.717, 1.165) is 6.20 Å². The minimum absolute atomic E-state index is 0.0935. The van der Waals surface area contributed by atoms with E-state index in [4.69, 9.17) is 0 Å². The van der Waals surface area contributed by atoms with Gasteiger partial charge in [0.15, 0.2) is 11.9 Å². The highest BCUT2D eigenvalue weighted by Crippen LogP contribution is 2.39. The molecule has 2 N–H and O–H groups in total. The van der Waals surface area contributed by atoms with Gasteiger partial charge in [0.05, 0.1) is 11.1 Å². The van der Waals surface area contributed by atoms with Crippen molar-refractivity contribution in [2.75, 3.05) is 5.32 Å². The van der Waals surface area contributed by atoms with Gasteiger partial charge in [-0.3, -0.25) is 14.3 Å². The van der Waals surface area contributed by atoms with Crippen LogP contribution in [0.2, 0.25) is 0 Å². The van der Waals surface area contributed by atoms with Crippen LogP contribution in [-0.4, -0.2) is 33.6 Å². The smallest absolute Gasteiger partial charge is 0.417 e. The molecule has 2 atom stereocenters. The van der Waals surface area contributed by atoms with Crippen LogP contribution in [0, 0.1) is 18.0 Å². The van der Waals surface area contributed by atoms with Crippen molar-refractivity contribution in [3.63, 3.8) is 0 Å². The van der Waals surface area contributed by atoms with E-state index >= 15 is 0 Å². The Morgan fingerprint density at radius 2 is 1.87 bits per heavy atom. The van der Waals surface area contributed by atoms with E-state index in [-0.39, 0.29) is 41.0 Å². The summed E-state index contributed by atoms with van der Waals surface area (Å²) in [6.07, 6.45) is -2.97. The van der Waals surface area contributed by atoms with Gasteiger partial charge in [0.25, 0.3) is 5.91 Å². The topological polar surface area (TPSA) is 103 Å². The van der Waals surface area contributed by atoms with Crippen LogP contribution < -0.4 is 15.4 Å². The zero-order valence-electron chi connectivity index (χ0n) is 21.1. The summed E-state index contributed by atoms with van der Waals surface area (Å²) in [7, 11) is 1.52. The Balaban J connectivity index is 1.59. The molecular weight excluding hydrogens is 525 g/mol. The average molecular weight is 552 g/mol. The van der Waals surface area contributed by atoms with E-state index in [1.54, 1.807) is 0 Å². The van der Waals surface area contributed by atoms with Crippen LogP contribution in [0.15, 0.2) is 48.8 Å². The predicted molar refractivity (Wildman–Crippen MR) is 131 cm³/mol. The molecule has 0 spiro atoms. The summed E-state index contributed by atoms with van der Waals surface area (Å²) in [4.78, 5) is 26.1. The van der Waals surface area contributed by atoms with Gasteiger partial charge in [0, 0.05) is 44.8 Å². The maximum atomic E-state index is 14.2. The van der Waals surface area contributed by atoms with Gasteiger partial charge in [-0.1, -0.05) is 12.1 Å². The molecule has 8 nitrogen and oxygen atoms in total. The standard InChI is InChI=1S/C26H26F5N5O3/c1-15-21(19(26(29,30)31)10-13-36(15)39)16-5-7-18(8-6-16)33-24(38)22(17-4-3-11-25(27,28)14-17)34-23(37)20-9-12-32-35(20)2/h5-10,12-13,17,22H,3-4,11,14H2,1-2H3,(H,33,38)(H,34,37)/t17-,22-/m0/s1. The number of halogens is 5. The Labute approximate surface area is 220 Å². The van der Waals surface area contributed by atoms with E-state index in [1.807, 2.05) is 0 Å². The molecule has 1 saturated carbocycles. The third kappa shape index (κ3) is 6.18. The van der Waals surface area contributed by atoms with Gasteiger partial charge in [0.1, 0.15) is 11.7 Å². The molecule has 208 valence electrons. The number of rotatable bonds is 6. The molecule has 0 saturated heterocycles. The van der Waals surface area contributed by atoms with Crippen molar-refractivity contribution in [1.82, 2.24) is 15.1 Å². The number of hydrogen-bond acceptors (Lipinski definition) is 4. The second kappa shape index (κ2) is 10.6. The second-order valence-corrected chi connectivity index (χ2v) is 9.58. The summed E-state index contributed by atoms with van der Waals surface area (Å²) in [5, 5.41) is 21.0. The third-order valence-electron chi connectivity index (χ3n) is 6.86. The monoisotopic (exact) mass is 551 g/mol. The number of pyridine rings is 1. The first kappa shape index (κ1) is 28.0. The molecule has 1 aliphatic rings. The van der Waals surface area contributed by atoms with Gasteiger partial charge >= 0.3 is 6.18 Å². The SMILES string of the molecule is Cc1c(-c2ccc(NC(=O)[C@@H](NC(=O)c3ccnn3C)[C@H]3CCCC(F)(F)C3)cc2)c(C(F)(F)F)cc[n+]1[O-]. The Morgan fingerprint density at radius 3 is 2.46 bits per heavy atom. The maximum Gasteiger partial charge on any atom is 0.417 e. The van der Waals surface area contributed by atoms with E-state index in [9.17, 15) is 36.7 Å². The first-order chi connectivity index (χ1) is 18.3. The molecule has 1 aromatic carbocycles. The summed E-state index contributed by atoms with van der Waals surface area (Å²) >= 11 is 0. The summed E-state index contributed by atoms with van der Waals surface area (Å²) in [6, 6.07) is 6.11. The number of aromatic nitrogens is 3. The van der Waals surface area contributed by atoms with Gasteiger partial charge in [-0.15, -0.1) is 0 Å². The molecule has 0 aliphatic heterocycles. The van der Waals surface area contributed by atoms with Crippen molar-refractivity contribution >= 4 is 17.5 Å². The van der Waals surface area contributed by atoms with E-state index in [0.29, 0.717) is 17.2 Å². The minimum Gasteiger partial charge on any atom is -0.618 e. The van der Waals surface area contributed by atoms with Crippen molar-refractivity contribution in [3.05, 3.63) is 71.0 Å². The molecule has 0 unspecified atom stereocenters. The van der Waals surface area contributed by atoms with Crippen molar-refractivity contribution in [1.29, 1.82) is 0 Å². The largest absolute Gasteiger partial charge is 0.618 e. The van der Waals surface area contributed by atoms with Crippen LogP contribution in [0.4, 0.5) is 27.6 Å². The normalized spacial score (nSPS) is 17.9. The fourth-order valence-electron chi connectivity index (χ4n) is 4.89. The van der Waals surface area contributed by atoms with Gasteiger partial charge in [0.2, 0.25) is 11.8 Å². The lowest BCUT2D eigenvalue weighted by atomic mass is 9.81. The second-order valence-electron chi connectivity index (χ2n) is 9.58. The van der Waals surface area contributed by atoms with Crippen LogP contribution in [0.3, 0.4) is 0 Å². The summed E-state index contributed by atoms with van der Waals surface area (Å²) in [5.41, 5.74) is -1.05. The van der Waals surface area contributed by atoms with Crippen molar-refractivity contribution in [3.8, 4) is 11.1 Å². The number of anilines is 1. The first-order valence-corrected chi connectivity index (χ1v) is 12.1. The lowest BCUT2D eigenvalue weighted by Crippen LogP contribution is -2.51. The first-order valence-electron chi connectivity index (χ1n) is 12.1. The fourth-order valence-corrected chi connectivity index (χ4v) is 4.89. The molecule has 0 radical (unpaired) electrons. The molecule has 13 heteroatoms. The van der Waals surface area contributed by atoms with E-state index in [2.05, 4.69) is 15.7 Å². The number of nitrogens with zero attached hydrogens (tertiary/aromatic N) is 3.